The molecule has 6 heteroatoms. The first-order valence-corrected chi connectivity index (χ1v) is 6.85. The Bertz CT molecular complexity index is 191. The lowest BCUT2D eigenvalue weighted by atomic mass is 10.2. The third kappa shape index (κ3) is 15.1. The van der Waals surface area contributed by atoms with E-state index in [9.17, 15) is 4.79 Å². The predicted molar refractivity (Wildman–Crippen MR) is 73.9 cm³/mol. The van der Waals surface area contributed by atoms with E-state index < -0.39 is 6.09 Å². The number of amides is 1. The van der Waals surface area contributed by atoms with E-state index in [0.29, 0.717) is 6.54 Å². The minimum Gasteiger partial charge on any atom is -0.465 e. The molecule has 0 fully saturated rings. The number of carbonyl (C=O) groups is 1. The zero-order valence-electron chi connectivity index (χ0n) is 11.2. The zero-order chi connectivity index (χ0) is 13.5. The molecule has 0 heterocycles. The van der Waals surface area contributed by atoms with Crippen molar-refractivity contribution in [2.75, 3.05) is 39.3 Å². The Labute approximate surface area is 110 Å². The molecule has 0 atom stereocenters. The van der Waals surface area contributed by atoms with Gasteiger partial charge in [-0.05, 0) is 58.4 Å². The lowest BCUT2D eigenvalue weighted by molar-refractivity contribution is 0.194. The summed E-state index contributed by atoms with van der Waals surface area (Å²) in [7, 11) is 0. The van der Waals surface area contributed by atoms with Crippen LogP contribution in [0.2, 0.25) is 0 Å². The maximum absolute atomic E-state index is 10.2. The molecule has 0 rings (SSSR count). The molecule has 6 N–H and O–H groups in total. The van der Waals surface area contributed by atoms with E-state index in [4.69, 9.17) is 10.8 Å². The van der Waals surface area contributed by atoms with Crippen LogP contribution in [0.3, 0.4) is 0 Å². The van der Waals surface area contributed by atoms with Gasteiger partial charge in [0.25, 0.3) is 0 Å². The molecular formula is C12H28N4O2. The van der Waals surface area contributed by atoms with Crippen molar-refractivity contribution in [3.8, 4) is 0 Å². The summed E-state index contributed by atoms with van der Waals surface area (Å²) in [4.78, 5) is 10.2. The molecule has 6 nitrogen and oxygen atoms in total. The summed E-state index contributed by atoms with van der Waals surface area (Å²) in [5.74, 6) is 0. The fourth-order valence-electron chi connectivity index (χ4n) is 1.57. The number of carboxylic acid groups (broad SMARTS) is 1. The zero-order valence-corrected chi connectivity index (χ0v) is 11.2. The molecule has 0 aliphatic heterocycles. The highest BCUT2D eigenvalue weighted by Crippen LogP contribution is 1.90. The van der Waals surface area contributed by atoms with Crippen LogP contribution in [0.5, 0.6) is 0 Å². The molecule has 0 saturated heterocycles. The van der Waals surface area contributed by atoms with Crippen molar-refractivity contribution in [3.63, 3.8) is 0 Å². The minimum atomic E-state index is -0.950. The van der Waals surface area contributed by atoms with Crippen molar-refractivity contribution >= 4 is 6.09 Å². The van der Waals surface area contributed by atoms with Crippen molar-refractivity contribution in [1.82, 2.24) is 16.0 Å². The van der Waals surface area contributed by atoms with E-state index in [2.05, 4.69) is 16.0 Å². The van der Waals surface area contributed by atoms with Crippen molar-refractivity contribution < 1.29 is 9.90 Å². The molecule has 0 bridgehead atoms. The van der Waals surface area contributed by atoms with Crippen LogP contribution in [0, 0.1) is 0 Å². The summed E-state index contributed by atoms with van der Waals surface area (Å²) < 4.78 is 0. The number of hydrogen-bond donors (Lipinski definition) is 5. The maximum atomic E-state index is 10.2. The predicted octanol–water partition coefficient (Wildman–Crippen LogP) is 0.342. The topological polar surface area (TPSA) is 99.4 Å². The second-order valence-corrected chi connectivity index (χ2v) is 4.29. The lowest BCUT2D eigenvalue weighted by Crippen LogP contribution is -2.27. The maximum Gasteiger partial charge on any atom is 0.404 e. The average Bonchev–Trinajstić information content (AvgIpc) is 2.34. The lowest BCUT2D eigenvalue weighted by Gasteiger charge is -2.06. The van der Waals surface area contributed by atoms with Gasteiger partial charge in [-0.15, -0.1) is 0 Å². The van der Waals surface area contributed by atoms with Gasteiger partial charge in [-0.1, -0.05) is 6.42 Å². The summed E-state index contributed by atoms with van der Waals surface area (Å²) in [6.07, 6.45) is 4.51. The summed E-state index contributed by atoms with van der Waals surface area (Å²) in [5, 5.41) is 17.4. The highest BCUT2D eigenvalue weighted by Gasteiger charge is 1.93. The Morgan fingerprint density at radius 1 is 0.833 bits per heavy atom. The van der Waals surface area contributed by atoms with Gasteiger partial charge < -0.3 is 26.8 Å². The van der Waals surface area contributed by atoms with Crippen LogP contribution in [0.4, 0.5) is 4.79 Å². The molecule has 0 saturated carbocycles. The van der Waals surface area contributed by atoms with Gasteiger partial charge in [-0.3, -0.25) is 0 Å². The van der Waals surface area contributed by atoms with Crippen molar-refractivity contribution in [1.29, 1.82) is 0 Å². The molecule has 0 radical (unpaired) electrons. The number of rotatable bonds is 13. The second-order valence-electron chi connectivity index (χ2n) is 4.29. The third-order valence-corrected chi connectivity index (χ3v) is 2.57. The average molecular weight is 260 g/mol. The van der Waals surface area contributed by atoms with Gasteiger partial charge in [-0.2, -0.15) is 0 Å². The Morgan fingerprint density at radius 2 is 1.39 bits per heavy atom. The quantitative estimate of drug-likeness (QED) is 0.308. The minimum absolute atomic E-state index is 0.516. The molecule has 1 amide bonds. The van der Waals surface area contributed by atoms with Crippen LogP contribution in [0.15, 0.2) is 0 Å². The van der Waals surface area contributed by atoms with Crippen molar-refractivity contribution in [2.24, 2.45) is 5.73 Å². The fourth-order valence-corrected chi connectivity index (χ4v) is 1.57. The molecule has 0 aromatic carbocycles. The second kappa shape index (κ2) is 14.2. The molecule has 0 aliphatic rings. The van der Waals surface area contributed by atoms with E-state index in [-0.39, 0.29) is 0 Å². The van der Waals surface area contributed by atoms with Gasteiger partial charge in [-0.25, -0.2) is 4.79 Å². The molecule has 0 unspecified atom stereocenters. The molecular weight excluding hydrogens is 232 g/mol. The van der Waals surface area contributed by atoms with Crippen LogP contribution >= 0.6 is 0 Å². The Hall–Kier alpha value is -0.850. The monoisotopic (exact) mass is 260 g/mol. The van der Waals surface area contributed by atoms with E-state index in [0.717, 1.165) is 52.0 Å². The summed E-state index contributed by atoms with van der Waals surface area (Å²) in [5.41, 5.74) is 5.41. The number of nitrogens with two attached hydrogens (primary N) is 1. The van der Waals surface area contributed by atoms with Gasteiger partial charge in [0.2, 0.25) is 0 Å². The van der Waals surface area contributed by atoms with Crippen LogP contribution in [-0.4, -0.2) is 50.5 Å². The normalized spacial score (nSPS) is 10.5. The molecule has 18 heavy (non-hydrogen) atoms. The molecule has 0 spiro atoms. The fraction of sp³-hybridized carbons (Fsp3) is 0.917. The Balaban J connectivity index is 2.92. The van der Waals surface area contributed by atoms with Crippen LogP contribution < -0.4 is 21.7 Å². The van der Waals surface area contributed by atoms with Gasteiger partial charge in [0.05, 0.1) is 0 Å². The van der Waals surface area contributed by atoms with E-state index in [1.54, 1.807) is 0 Å². The standard InChI is InChI=1S/C12H28N4O2/c13-6-2-1-3-7-14-8-4-9-15-10-5-11-16-12(17)18/h14-16H,1-11,13H2,(H,17,18). The first kappa shape index (κ1) is 17.2. The third-order valence-electron chi connectivity index (χ3n) is 2.57. The van der Waals surface area contributed by atoms with E-state index in [1.807, 2.05) is 0 Å². The van der Waals surface area contributed by atoms with Crippen LogP contribution in [-0.2, 0) is 0 Å². The number of nitrogens with one attached hydrogen (secondary N) is 3. The van der Waals surface area contributed by atoms with Crippen LogP contribution in [0.25, 0.3) is 0 Å². The molecule has 0 aromatic rings. The van der Waals surface area contributed by atoms with Crippen molar-refractivity contribution in [2.45, 2.75) is 32.1 Å². The Kier molecular flexibility index (Phi) is 13.5. The molecule has 108 valence electrons. The van der Waals surface area contributed by atoms with Crippen molar-refractivity contribution in [3.05, 3.63) is 0 Å². The van der Waals surface area contributed by atoms with Gasteiger partial charge in [0, 0.05) is 6.54 Å². The van der Waals surface area contributed by atoms with Gasteiger partial charge >= 0.3 is 6.09 Å². The van der Waals surface area contributed by atoms with Gasteiger partial charge in [0.15, 0.2) is 0 Å². The van der Waals surface area contributed by atoms with E-state index >= 15 is 0 Å². The number of hydrogen-bond acceptors (Lipinski definition) is 4. The molecule has 0 aliphatic carbocycles. The highest BCUT2D eigenvalue weighted by atomic mass is 16.4. The summed E-state index contributed by atoms with van der Waals surface area (Å²) in [6.45, 7) is 5.24. The summed E-state index contributed by atoms with van der Waals surface area (Å²) >= 11 is 0. The first-order chi connectivity index (χ1) is 8.77. The first-order valence-electron chi connectivity index (χ1n) is 6.85. The number of unbranched alkanes of at least 4 members (excludes halogenated alkanes) is 2. The SMILES string of the molecule is NCCCCCNCCCNCCCNC(=O)O. The highest BCUT2D eigenvalue weighted by molar-refractivity contribution is 5.64. The summed E-state index contributed by atoms with van der Waals surface area (Å²) in [6, 6.07) is 0. The van der Waals surface area contributed by atoms with Gasteiger partial charge in [0.1, 0.15) is 0 Å². The smallest absolute Gasteiger partial charge is 0.404 e. The largest absolute Gasteiger partial charge is 0.465 e. The van der Waals surface area contributed by atoms with Crippen LogP contribution in [0.1, 0.15) is 32.1 Å². The Morgan fingerprint density at radius 3 is 1.94 bits per heavy atom. The molecule has 0 aromatic heterocycles. The van der Waals surface area contributed by atoms with E-state index in [1.165, 1.54) is 12.8 Å².